The summed E-state index contributed by atoms with van der Waals surface area (Å²) in [7, 11) is 0. The van der Waals surface area contributed by atoms with Gasteiger partial charge in [-0.2, -0.15) is 0 Å². The Morgan fingerprint density at radius 1 is 1.40 bits per heavy atom. The van der Waals surface area contributed by atoms with Gasteiger partial charge in [0.05, 0.1) is 6.61 Å². The largest absolute Gasteiger partial charge is 0.394 e. The van der Waals surface area contributed by atoms with Crippen molar-refractivity contribution in [3.05, 3.63) is 0 Å². The molecule has 3 nitrogen and oxygen atoms in total. The summed E-state index contributed by atoms with van der Waals surface area (Å²) in [5.74, 6) is 0.816. The molecular formula is C12H23NO2. The normalized spacial score (nSPS) is 27.6. The molecule has 1 aliphatic carbocycles. The van der Waals surface area contributed by atoms with E-state index < -0.39 is 0 Å². The minimum absolute atomic E-state index is 0.0879. The second kappa shape index (κ2) is 4.81. The van der Waals surface area contributed by atoms with Crippen LogP contribution in [0, 0.1) is 5.92 Å². The lowest BCUT2D eigenvalue weighted by Crippen LogP contribution is -2.42. The third kappa shape index (κ3) is 3.16. The number of ether oxygens (including phenoxy) is 1. The van der Waals surface area contributed by atoms with Crippen LogP contribution >= 0.6 is 0 Å². The second-order valence-corrected chi connectivity index (χ2v) is 5.28. The van der Waals surface area contributed by atoms with Crippen LogP contribution in [0.3, 0.4) is 0 Å². The van der Waals surface area contributed by atoms with Crippen LogP contribution < -0.4 is 5.32 Å². The Morgan fingerprint density at radius 2 is 2.07 bits per heavy atom. The summed E-state index contributed by atoms with van der Waals surface area (Å²) in [5, 5.41) is 12.8. The van der Waals surface area contributed by atoms with Crippen LogP contribution in [0.25, 0.3) is 0 Å². The smallest absolute Gasteiger partial charge is 0.0613 e. The van der Waals surface area contributed by atoms with Crippen molar-refractivity contribution >= 4 is 0 Å². The fourth-order valence-corrected chi connectivity index (χ4v) is 2.56. The number of hydrogen-bond donors (Lipinski definition) is 2. The second-order valence-electron chi connectivity index (χ2n) is 5.28. The zero-order valence-corrected chi connectivity index (χ0v) is 9.67. The van der Waals surface area contributed by atoms with Crippen molar-refractivity contribution in [3.63, 3.8) is 0 Å². The van der Waals surface area contributed by atoms with E-state index in [0.29, 0.717) is 12.6 Å². The van der Waals surface area contributed by atoms with Crippen molar-refractivity contribution in [3.8, 4) is 0 Å². The average Bonchev–Trinajstić information content (AvgIpc) is 3.00. The summed E-state index contributed by atoms with van der Waals surface area (Å²) in [6, 6.07) is 0.530. The SMILES string of the molecule is CC(CC1CCOCC1)NC1(CO)CC1. The quantitative estimate of drug-likeness (QED) is 0.723. The summed E-state index contributed by atoms with van der Waals surface area (Å²) in [6.07, 6.45) is 5.92. The van der Waals surface area contributed by atoms with Gasteiger partial charge in [-0.1, -0.05) is 0 Å². The van der Waals surface area contributed by atoms with Gasteiger partial charge in [-0.15, -0.1) is 0 Å². The summed E-state index contributed by atoms with van der Waals surface area (Å²) in [5.41, 5.74) is 0.0879. The Labute approximate surface area is 92.2 Å². The van der Waals surface area contributed by atoms with E-state index in [1.54, 1.807) is 0 Å². The van der Waals surface area contributed by atoms with E-state index in [-0.39, 0.29) is 5.54 Å². The molecule has 88 valence electrons. The molecule has 2 rings (SSSR count). The van der Waals surface area contributed by atoms with E-state index >= 15 is 0 Å². The van der Waals surface area contributed by atoms with Crippen molar-refractivity contribution in [2.75, 3.05) is 19.8 Å². The summed E-state index contributed by atoms with van der Waals surface area (Å²) >= 11 is 0. The number of aliphatic hydroxyl groups excluding tert-OH is 1. The molecule has 1 saturated carbocycles. The van der Waals surface area contributed by atoms with Gasteiger partial charge < -0.3 is 15.2 Å². The van der Waals surface area contributed by atoms with E-state index in [9.17, 15) is 5.11 Å². The number of nitrogens with one attached hydrogen (secondary N) is 1. The van der Waals surface area contributed by atoms with Gasteiger partial charge in [0.2, 0.25) is 0 Å². The Balaban J connectivity index is 1.69. The lowest BCUT2D eigenvalue weighted by molar-refractivity contribution is 0.0600. The topological polar surface area (TPSA) is 41.5 Å². The average molecular weight is 213 g/mol. The molecule has 0 spiro atoms. The van der Waals surface area contributed by atoms with Crippen LogP contribution in [0.4, 0.5) is 0 Å². The first-order valence-corrected chi connectivity index (χ1v) is 6.20. The fraction of sp³-hybridized carbons (Fsp3) is 1.00. The summed E-state index contributed by atoms with van der Waals surface area (Å²) in [6.45, 7) is 4.40. The van der Waals surface area contributed by atoms with Crippen LogP contribution in [0.2, 0.25) is 0 Å². The van der Waals surface area contributed by atoms with Gasteiger partial charge in [-0.25, -0.2) is 0 Å². The summed E-state index contributed by atoms with van der Waals surface area (Å²) in [4.78, 5) is 0. The number of rotatable bonds is 5. The van der Waals surface area contributed by atoms with E-state index in [1.807, 2.05) is 0 Å². The standard InChI is InChI=1S/C12H23NO2/c1-10(13-12(9-14)4-5-12)8-11-2-6-15-7-3-11/h10-11,13-14H,2-9H2,1H3. The molecule has 0 aromatic rings. The molecule has 1 saturated heterocycles. The molecule has 1 aliphatic heterocycles. The predicted octanol–water partition coefficient (Wildman–Crippen LogP) is 1.31. The minimum Gasteiger partial charge on any atom is -0.394 e. The molecule has 2 N–H and O–H groups in total. The van der Waals surface area contributed by atoms with Crippen molar-refractivity contribution in [2.24, 2.45) is 5.92 Å². The molecule has 1 unspecified atom stereocenters. The first-order chi connectivity index (χ1) is 7.24. The van der Waals surface area contributed by atoms with Crippen LogP contribution in [0.1, 0.15) is 39.0 Å². The molecule has 0 aromatic heterocycles. The minimum atomic E-state index is 0.0879. The first kappa shape index (κ1) is 11.4. The van der Waals surface area contributed by atoms with Crippen LogP contribution in [-0.4, -0.2) is 36.5 Å². The molecule has 2 fully saturated rings. The van der Waals surface area contributed by atoms with Gasteiger partial charge in [0.15, 0.2) is 0 Å². The predicted molar refractivity (Wildman–Crippen MR) is 59.8 cm³/mol. The molecular weight excluding hydrogens is 190 g/mol. The molecule has 0 bridgehead atoms. The highest BCUT2D eigenvalue weighted by Gasteiger charge is 2.42. The van der Waals surface area contributed by atoms with Gasteiger partial charge >= 0.3 is 0 Å². The monoisotopic (exact) mass is 213 g/mol. The van der Waals surface area contributed by atoms with Crippen LogP contribution in [-0.2, 0) is 4.74 Å². The Kier molecular flexibility index (Phi) is 3.65. The highest BCUT2D eigenvalue weighted by molar-refractivity contribution is 5.02. The molecule has 15 heavy (non-hydrogen) atoms. The fourth-order valence-electron chi connectivity index (χ4n) is 2.56. The molecule has 2 aliphatic rings. The molecule has 0 radical (unpaired) electrons. The third-order valence-electron chi connectivity index (χ3n) is 3.74. The maximum absolute atomic E-state index is 9.23. The number of aliphatic hydroxyl groups is 1. The van der Waals surface area contributed by atoms with Crippen molar-refractivity contribution in [1.82, 2.24) is 5.32 Å². The Hall–Kier alpha value is -0.120. The van der Waals surface area contributed by atoms with Crippen LogP contribution in [0.15, 0.2) is 0 Å². The highest BCUT2D eigenvalue weighted by atomic mass is 16.5. The van der Waals surface area contributed by atoms with Crippen LogP contribution in [0.5, 0.6) is 0 Å². The molecule has 3 heteroatoms. The highest BCUT2D eigenvalue weighted by Crippen LogP contribution is 2.35. The van der Waals surface area contributed by atoms with E-state index in [0.717, 1.165) is 32.0 Å². The van der Waals surface area contributed by atoms with E-state index in [1.165, 1.54) is 19.3 Å². The lowest BCUT2D eigenvalue weighted by atomic mass is 9.93. The lowest BCUT2D eigenvalue weighted by Gasteiger charge is -2.27. The van der Waals surface area contributed by atoms with Gasteiger partial charge in [0.25, 0.3) is 0 Å². The maximum Gasteiger partial charge on any atom is 0.0613 e. The van der Waals surface area contributed by atoms with Crippen molar-refractivity contribution in [2.45, 2.75) is 50.6 Å². The molecule has 1 heterocycles. The van der Waals surface area contributed by atoms with Crippen molar-refractivity contribution in [1.29, 1.82) is 0 Å². The van der Waals surface area contributed by atoms with Gasteiger partial charge in [-0.3, -0.25) is 0 Å². The zero-order chi connectivity index (χ0) is 10.7. The van der Waals surface area contributed by atoms with Gasteiger partial charge in [-0.05, 0) is 44.9 Å². The Morgan fingerprint density at radius 3 is 2.60 bits per heavy atom. The molecule has 0 amide bonds. The van der Waals surface area contributed by atoms with Crippen molar-refractivity contribution < 1.29 is 9.84 Å². The van der Waals surface area contributed by atoms with Gasteiger partial charge in [0.1, 0.15) is 0 Å². The number of hydrogen-bond acceptors (Lipinski definition) is 3. The summed E-state index contributed by atoms with van der Waals surface area (Å²) < 4.78 is 5.36. The Bertz CT molecular complexity index is 198. The molecule has 1 atom stereocenters. The van der Waals surface area contributed by atoms with E-state index in [2.05, 4.69) is 12.2 Å². The maximum atomic E-state index is 9.23. The zero-order valence-electron chi connectivity index (χ0n) is 9.67. The van der Waals surface area contributed by atoms with E-state index in [4.69, 9.17) is 4.74 Å². The molecule has 0 aromatic carbocycles. The first-order valence-electron chi connectivity index (χ1n) is 6.20. The van der Waals surface area contributed by atoms with Gasteiger partial charge in [0, 0.05) is 24.8 Å². The third-order valence-corrected chi connectivity index (χ3v) is 3.74.